The summed E-state index contributed by atoms with van der Waals surface area (Å²) in [6.45, 7) is 0. The van der Waals surface area contributed by atoms with Crippen molar-refractivity contribution in [1.29, 1.82) is 0 Å². The molecule has 0 spiro atoms. The Hall–Kier alpha value is -3.15. The van der Waals surface area contributed by atoms with Gasteiger partial charge in [-0.2, -0.15) is 14.5 Å². The zero-order chi connectivity index (χ0) is 16.9. The van der Waals surface area contributed by atoms with Crippen LogP contribution in [-0.2, 0) is 4.79 Å². The fourth-order valence-electron chi connectivity index (χ4n) is 1.85. The van der Waals surface area contributed by atoms with Crippen LogP contribution < -0.4 is 15.9 Å². The second kappa shape index (κ2) is 6.95. The first-order valence-corrected chi connectivity index (χ1v) is 7.64. The average Bonchev–Trinajstić information content (AvgIpc) is 3.22. The summed E-state index contributed by atoms with van der Waals surface area (Å²) in [5.41, 5.74) is 2.50. The maximum absolute atomic E-state index is 11.9. The highest BCUT2D eigenvalue weighted by Gasteiger charge is 2.14. The molecule has 2 aromatic heterocycles. The van der Waals surface area contributed by atoms with Gasteiger partial charge >= 0.3 is 5.69 Å². The molecule has 0 bridgehead atoms. The maximum Gasteiger partial charge on any atom is 0.362 e. The van der Waals surface area contributed by atoms with Gasteiger partial charge in [0.15, 0.2) is 0 Å². The molecule has 0 unspecified atom stereocenters. The summed E-state index contributed by atoms with van der Waals surface area (Å²) in [6, 6.07) is 7.23. The molecule has 2 N–H and O–H groups in total. The highest BCUT2D eigenvalue weighted by molar-refractivity contribution is 7.99. The number of nitrogens with zero attached hydrogens (tertiary/aromatic N) is 6. The monoisotopic (exact) mass is 348 g/mol. The van der Waals surface area contributed by atoms with E-state index in [0.29, 0.717) is 16.6 Å². The van der Waals surface area contributed by atoms with Crippen LogP contribution in [0.15, 0.2) is 40.5 Å². The number of hydrogen-bond acceptors (Lipinski definition) is 8. The summed E-state index contributed by atoms with van der Waals surface area (Å²) in [5, 5.41) is 17.5. The standard InChI is InChI=1S/C12H12N8O3S/c1-23-9-5-3-2-4-8(9)20-12(15-17-18-20)24-6-10(21)16-19-7-13-14-11(19)22/h2-5,7H,6H2,1H3,(H,14,22)(H,16,21). The molecule has 2 heterocycles. The molecule has 124 valence electrons. The molecule has 0 saturated heterocycles. The Kier molecular flexibility index (Phi) is 4.56. The third-order valence-corrected chi connectivity index (χ3v) is 3.80. The molecule has 24 heavy (non-hydrogen) atoms. The minimum absolute atomic E-state index is 0.00709. The fourth-order valence-corrected chi connectivity index (χ4v) is 2.53. The van der Waals surface area contributed by atoms with Gasteiger partial charge in [-0.25, -0.2) is 9.89 Å². The number of ether oxygens (including phenoxy) is 1. The molecule has 11 nitrogen and oxygen atoms in total. The van der Waals surface area contributed by atoms with Crippen LogP contribution in [0, 0.1) is 0 Å². The number of H-pyrrole nitrogens is 1. The van der Waals surface area contributed by atoms with Gasteiger partial charge in [-0.1, -0.05) is 23.9 Å². The van der Waals surface area contributed by atoms with Gasteiger partial charge in [0, 0.05) is 0 Å². The molecule has 0 atom stereocenters. The molecular weight excluding hydrogens is 336 g/mol. The predicted octanol–water partition coefficient (Wildman–Crippen LogP) is -0.582. The summed E-state index contributed by atoms with van der Waals surface area (Å²) >= 11 is 1.12. The molecule has 0 aliphatic heterocycles. The van der Waals surface area contributed by atoms with Crippen LogP contribution in [0.25, 0.3) is 5.69 Å². The highest BCUT2D eigenvalue weighted by atomic mass is 32.2. The first-order chi connectivity index (χ1) is 11.7. The van der Waals surface area contributed by atoms with Crippen LogP contribution in [0.2, 0.25) is 0 Å². The van der Waals surface area contributed by atoms with Crippen molar-refractivity contribution in [3.8, 4) is 11.4 Å². The van der Waals surface area contributed by atoms with Gasteiger partial charge in [-0.05, 0) is 22.6 Å². The SMILES string of the molecule is COc1ccccc1-n1nnnc1SCC(=O)Nn1cn[nH]c1=O. The first kappa shape index (κ1) is 15.7. The lowest BCUT2D eigenvalue weighted by atomic mass is 10.3. The van der Waals surface area contributed by atoms with Gasteiger partial charge in [0.2, 0.25) is 11.1 Å². The van der Waals surface area contributed by atoms with Crippen molar-refractivity contribution in [3.05, 3.63) is 41.1 Å². The zero-order valence-electron chi connectivity index (χ0n) is 12.4. The van der Waals surface area contributed by atoms with Crippen LogP contribution in [0.3, 0.4) is 0 Å². The summed E-state index contributed by atoms with van der Waals surface area (Å²) in [5.74, 6) is 0.201. The Morgan fingerprint density at radius 2 is 2.25 bits per heavy atom. The number of tetrazole rings is 1. The number of hydrogen-bond donors (Lipinski definition) is 2. The summed E-state index contributed by atoms with van der Waals surface area (Å²) in [7, 11) is 1.55. The lowest BCUT2D eigenvalue weighted by molar-refractivity contribution is -0.114. The fraction of sp³-hybridized carbons (Fsp3) is 0.167. The normalized spacial score (nSPS) is 10.5. The van der Waals surface area contributed by atoms with E-state index in [1.165, 1.54) is 11.0 Å². The highest BCUT2D eigenvalue weighted by Crippen LogP contribution is 2.25. The smallest absolute Gasteiger partial charge is 0.362 e. The number of carbonyl (C=O) groups excluding carboxylic acids is 1. The van der Waals surface area contributed by atoms with E-state index in [0.717, 1.165) is 16.4 Å². The number of methoxy groups -OCH3 is 1. The van der Waals surface area contributed by atoms with E-state index in [-0.39, 0.29) is 5.75 Å². The number of aromatic amines is 1. The van der Waals surface area contributed by atoms with Crippen molar-refractivity contribution >= 4 is 17.7 Å². The molecule has 1 aromatic carbocycles. The van der Waals surface area contributed by atoms with Crippen molar-refractivity contribution in [2.75, 3.05) is 18.3 Å². The molecule has 0 radical (unpaired) electrons. The maximum atomic E-state index is 11.9. The number of aromatic nitrogens is 7. The molecule has 0 aliphatic carbocycles. The number of amides is 1. The third kappa shape index (κ3) is 3.27. The lowest BCUT2D eigenvalue weighted by Gasteiger charge is -2.08. The van der Waals surface area contributed by atoms with Crippen molar-refractivity contribution in [3.63, 3.8) is 0 Å². The number of rotatable bonds is 6. The topological polar surface area (TPSA) is 133 Å². The summed E-state index contributed by atoms with van der Waals surface area (Å²) in [6.07, 6.45) is 1.17. The van der Waals surface area contributed by atoms with Crippen LogP contribution in [-0.4, -0.2) is 53.9 Å². The van der Waals surface area contributed by atoms with Crippen LogP contribution in [0.4, 0.5) is 0 Å². The Bertz CT molecular complexity index is 901. The van der Waals surface area contributed by atoms with Crippen molar-refractivity contribution < 1.29 is 9.53 Å². The number of carbonyl (C=O) groups is 1. The van der Waals surface area contributed by atoms with Gasteiger partial charge in [-0.3, -0.25) is 10.2 Å². The Morgan fingerprint density at radius 3 is 3.00 bits per heavy atom. The zero-order valence-corrected chi connectivity index (χ0v) is 13.2. The van der Waals surface area contributed by atoms with Gasteiger partial charge in [0.1, 0.15) is 17.8 Å². The molecule has 0 saturated carbocycles. The largest absolute Gasteiger partial charge is 0.494 e. The van der Waals surface area contributed by atoms with Gasteiger partial charge in [-0.15, -0.1) is 5.10 Å². The number of para-hydroxylation sites is 2. The van der Waals surface area contributed by atoms with Crippen LogP contribution >= 0.6 is 11.8 Å². The molecular formula is C12H12N8O3S. The average molecular weight is 348 g/mol. The second-order valence-electron chi connectivity index (χ2n) is 4.40. The minimum atomic E-state index is -0.535. The van der Waals surface area contributed by atoms with Gasteiger partial charge in [0.25, 0.3) is 0 Å². The number of thioether (sulfide) groups is 1. The lowest BCUT2D eigenvalue weighted by Crippen LogP contribution is -2.31. The van der Waals surface area contributed by atoms with Crippen molar-refractivity contribution in [2.45, 2.75) is 5.16 Å². The van der Waals surface area contributed by atoms with E-state index in [1.807, 2.05) is 12.1 Å². The molecule has 0 fully saturated rings. The van der Waals surface area contributed by atoms with E-state index in [9.17, 15) is 9.59 Å². The van der Waals surface area contributed by atoms with Crippen molar-refractivity contribution in [2.24, 2.45) is 0 Å². The van der Waals surface area contributed by atoms with Gasteiger partial charge in [0.05, 0.1) is 12.9 Å². The Labute approximate surface area is 139 Å². The summed E-state index contributed by atoms with van der Waals surface area (Å²) in [4.78, 5) is 23.2. The van der Waals surface area contributed by atoms with E-state index in [4.69, 9.17) is 4.74 Å². The minimum Gasteiger partial charge on any atom is -0.494 e. The molecule has 1 amide bonds. The Balaban J connectivity index is 1.71. The molecule has 3 rings (SSSR count). The quantitative estimate of drug-likeness (QED) is 0.565. The number of benzene rings is 1. The summed E-state index contributed by atoms with van der Waals surface area (Å²) < 4.78 is 7.70. The third-order valence-electron chi connectivity index (χ3n) is 2.88. The predicted molar refractivity (Wildman–Crippen MR) is 83.6 cm³/mol. The Morgan fingerprint density at radius 1 is 1.42 bits per heavy atom. The van der Waals surface area contributed by atoms with Crippen LogP contribution in [0.1, 0.15) is 0 Å². The molecule has 12 heteroatoms. The first-order valence-electron chi connectivity index (χ1n) is 6.65. The number of nitrogens with one attached hydrogen (secondary N) is 2. The molecule has 3 aromatic rings. The second-order valence-corrected chi connectivity index (χ2v) is 5.34. The van der Waals surface area contributed by atoms with E-state index >= 15 is 0 Å². The van der Waals surface area contributed by atoms with Crippen molar-refractivity contribution in [1.82, 2.24) is 35.1 Å². The van der Waals surface area contributed by atoms with E-state index in [2.05, 4.69) is 31.1 Å². The van der Waals surface area contributed by atoms with E-state index in [1.54, 1.807) is 19.2 Å². The van der Waals surface area contributed by atoms with E-state index < -0.39 is 11.6 Å². The van der Waals surface area contributed by atoms with Gasteiger partial charge < -0.3 is 4.74 Å². The molecule has 0 aliphatic rings. The van der Waals surface area contributed by atoms with Crippen LogP contribution in [0.5, 0.6) is 5.75 Å².